The van der Waals surface area contributed by atoms with E-state index in [1.165, 1.54) is 13.2 Å². The Kier molecular flexibility index (Phi) is 3.80. The van der Waals surface area contributed by atoms with E-state index in [0.717, 1.165) is 10.8 Å². The molecule has 10 heteroatoms. The van der Waals surface area contributed by atoms with Crippen molar-refractivity contribution in [3.05, 3.63) is 29.8 Å². The zero-order valence-corrected chi connectivity index (χ0v) is 11.1. The fourth-order valence-corrected chi connectivity index (χ4v) is 1.83. The maximum Gasteiger partial charge on any atom is 0.419 e. The van der Waals surface area contributed by atoms with Crippen LogP contribution in [0, 0.1) is 0 Å². The molecule has 0 spiro atoms. The predicted molar refractivity (Wildman–Crippen MR) is 65.6 cm³/mol. The molecule has 2 aromatic heterocycles. The third kappa shape index (κ3) is 3.49. The van der Waals surface area contributed by atoms with Gasteiger partial charge in [-0.25, -0.2) is 9.97 Å². The van der Waals surface area contributed by atoms with Gasteiger partial charge < -0.3 is 10.3 Å². The van der Waals surface area contributed by atoms with Gasteiger partial charge in [0.05, 0.1) is 11.3 Å². The lowest BCUT2D eigenvalue weighted by molar-refractivity contribution is -0.137. The van der Waals surface area contributed by atoms with Gasteiger partial charge >= 0.3 is 12.4 Å². The number of aryl methyl sites for hydroxylation is 1. The summed E-state index contributed by atoms with van der Waals surface area (Å²) in [6.45, 7) is 0. The van der Waals surface area contributed by atoms with Crippen molar-refractivity contribution < 1.29 is 26.3 Å². The van der Waals surface area contributed by atoms with Crippen molar-refractivity contribution in [1.29, 1.82) is 0 Å². The largest absolute Gasteiger partial charge is 0.419 e. The van der Waals surface area contributed by atoms with Crippen molar-refractivity contribution in [2.24, 2.45) is 7.05 Å². The lowest BCUT2D eigenvalue weighted by atomic mass is 10.1. The van der Waals surface area contributed by atoms with Gasteiger partial charge in [-0.2, -0.15) is 26.3 Å². The second kappa shape index (κ2) is 5.18. The molecule has 2 aromatic rings. The lowest BCUT2D eigenvalue weighted by Crippen LogP contribution is -2.14. The van der Waals surface area contributed by atoms with E-state index < -0.39 is 30.2 Å². The van der Waals surface area contributed by atoms with Crippen molar-refractivity contribution in [2.45, 2.75) is 18.8 Å². The van der Waals surface area contributed by atoms with Crippen LogP contribution in [0.15, 0.2) is 18.5 Å². The second-order valence-corrected chi connectivity index (χ2v) is 4.60. The molecule has 0 aliphatic carbocycles. The number of pyridine rings is 1. The number of aromatic nitrogens is 3. The molecule has 2 rings (SSSR count). The minimum atomic E-state index is -4.71. The second-order valence-electron chi connectivity index (χ2n) is 4.60. The summed E-state index contributed by atoms with van der Waals surface area (Å²) in [6.07, 6.45) is -8.22. The molecule has 0 atom stereocenters. The van der Waals surface area contributed by atoms with Crippen LogP contribution in [0.2, 0.25) is 0 Å². The standard InChI is InChI=1S/C12H10F6N4/c1-22-5-8(21-9(22)3-11(13,14)15)6-2-7(12(16,17)18)10(19)20-4-6/h2,4-5H,3H2,1H3,(H2,19,20). The number of alkyl halides is 6. The van der Waals surface area contributed by atoms with Crippen LogP contribution in [0.25, 0.3) is 11.3 Å². The maximum absolute atomic E-state index is 12.8. The highest BCUT2D eigenvalue weighted by molar-refractivity contribution is 5.62. The van der Waals surface area contributed by atoms with Gasteiger partial charge in [0.1, 0.15) is 18.1 Å². The van der Waals surface area contributed by atoms with E-state index in [2.05, 4.69) is 9.97 Å². The fourth-order valence-electron chi connectivity index (χ4n) is 1.83. The average molecular weight is 324 g/mol. The number of hydrogen-bond donors (Lipinski definition) is 1. The highest BCUT2D eigenvalue weighted by atomic mass is 19.4. The molecule has 0 aromatic carbocycles. The first-order valence-corrected chi connectivity index (χ1v) is 5.89. The molecule has 4 nitrogen and oxygen atoms in total. The summed E-state index contributed by atoms with van der Waals surface area (Å²) in [5.41, 5.74) is 3.90. The van der Waals surface area contributed by atoms with Gasteiger partial charge in [-0.3, -0.25) is 0 Å². The molecule has 0 saturated heterocycles. The summed E-state index contributed by atoms with van der Waals surface area (Å²) in [6, 6.07) is 0.710. The van der Waals surface area contributed by atoms with E-state index in [9.17, 15) is 26.3 Å². The van der Waals surface area contributed by atoms with Crippen LogP contribution in [-0.2, 0) is 19.6 Å². The van der Waals surface area contributed by atoms with Crippen LogP contribution in [0.3, 0.4) is 0 Å². The zero-order valence-electron chi connectivity index (χ0n) is 11.1. The van der Waals surface area contributed by atoms with Crippen LogP contribution in [-0.4, -0.2) is 20.7 Å². The summed E-state index contributed by atoms with van der Waals surface area (Å²) < 4.78 is 76.5. The average Bonchev–Trinajstić information content (AvgIpc) is 2.67. The number of hydrogen-bond acceptors (Lipinski definition) is 3. The van der Waals surface area contributed by atoms with Gasteiger partial charge in [-0.1, -0.05) is 0 Å². The summed E-state index contributed by atoms with van der Waals surface area (Å²) in [4.78, 5) is 7.13. The molecule has 120 valence electrons. The van der Waals surface area contributed by atoms with Crippen LogP contribution >= 0.6 is 0 Å². The Hall–Kier alpha value is -2.26. The Morgan fingerprint density at radius 3 is 2.36 bits per heavy atom. The number of halogens is 6. The maximum atomic E-state index is 12.8. The first-order valence-electron chi connectivity index (χ1n) is 5.89. The Morgan fingerprint density at radius 2 is 1.82 bits per heavy atom. The van der Waals surface area contributed by atoms with Crippen molar-refractivity contribution in [3.8, 4) is 11.3 Å². The number of anilines is 1. The molecular formula is C12H10F6N4. The third-order valence-corrected chi connectivity index (χ3v) is 2.85. The van der Waals surface area contributed by atoms with Crippen molar-refractivity contribution in [3.63, 3.8) is 0 Å². The predicted octanol–water partition coefficient (Wildman–Crippen LogP) is 3.19. The molecule has 2 heterocycles. The summed E-state index contributed by atoms with van der Waals surface area (Å²) >= 11 is 0. The van der Waals surface area contributed by atoms with Crippen molar-refractivity contribution >= 4 is 5.82 Å². The van der Waals surface area contributed by atoms with Crippen LogP contribution < -0.4 is 5.73 Å². The van der Waals surface area contributed by atoms with E-state index in [1.807, 2.05) is 0 Å². The monoisotopic (exact) mass is 324 g/mol. The molecule has 0 unspecified atom stereocenters. The number of nitrogens with two attached hydrogens (primary N) is 1. The molecule has 0 amide bonds. The van der Waals surface area contributed by atoms with Gasteiger partial charge in [0.25, 0.3) is 0 Å². The molecule has 22 heavy (non-hydrogen) atoms. The van der Waals surface area contributed by atoms with Gasteiger partial charge in [-0.05, 0) is 6.07 Å². The minimum absolute atomic E-state index is 0.0419. The van der Waals surface area contributed by atoms with Crippen molar-refractivity contribution in [1.82, 2.24) is 14.5 Å². The Bertz CT molecular complexity index is 686. The van der Waals surface area contributed by atoms with Crippen LogP contribution in [0.4, 0.5) is 32.2 Å². The van der Waals surface area contributed by atoms with E-state index in [1.54, 1.807) is 0 Å². The first-order chi connectivity index (χ1) is 9.97. The fraction of sp³-hybridized carbons (Fsp3) is 0.333. The molecule has 0 radical (unpaired) electrons. The van der Waals surface area contributed by atoms with Crippen molar-refractivity contribution in [2.75, 3.05) is 5.73 Å². The lowest BCUT2D eigenvalue weighted by Gasteiger charge is -2.09. The highest BCUT2D eigenvalue weighted by Gasteiger charge is 2.34. The first kappa shape index (κ1) is 16.1. The molecule has 0 bridgehead atoms. The molecule has 0 saturated carbocycles. The van der Waals surface area contributed by atoms with Gasteiger partial charge in [0.2, 0.25) is 0 Å². The summed E-state index contributed by atoms with van der Waals surface area (Å²) in [5, 5.41) is 0. The number of nitrogen functional groups attached to an aromatic ring is 1. The molecule has 2 N–H and O–H groups in total. The van der Waals surface area contributed by atoms with Gasteiger partial charge in [0, 0.05) is 25.0 Å². The van der Waals surface area contributed by atoms with E-state index in [0.29, 0.717) is 6.07 Å². The summed E-state index contributed by atoms with van der Waals surface area (Å²) in [5.74, 6) is -1.02. The summed E-state index contributed by atoms with van der Waals surface area (Å²) in [7, 11) is 1.33. The Labute approximate surface area is 120 Å². The van der Waals surface area contributed by atoms with Crippen LogP contribution in [0.1, 0.15) is 11.4 Å². The smallest absolute Gasteiger partial charge is 0.383 e. The molecule has 0 aliphatic heterocycles. The van der Waals surface area contributed by atoms with Gasteiger partial charge in [-0.15, -0.1) is 0 Å². The molecular weight excluding hydrogens is 314 g/mol. The number of nitrogens with zero attached hydrogens (tertiary/aromatic N) is 3. The van der Waals surface area contributed by atoms with E-state index in [-0.39, 0.29) is 17.1 Å². The molecule has 0 aliphatic rings. The quantitative estimate of drug-likeness (QED) is 0.863. The zero-order chi connectivity index (χ0) is 16.7. The SMILES string of the molecule is Cn1cc(-c2cnc(N)c(C(F)(F)F)c2)nc1CC(F)(F)F. The minimum Gasteiger partial charge on any atom is -0.383 e. The van der Waals surface area contributed by atoms with Gasteiger partial charge in [0.15, 0.2) is 0 Å². The number of rotatable bonds is 2. The Morgan fingerprint density at radius 1 is 1.18 bits per heavy atom. The third-order valence-electron chi connectivity index (χ3n) is 2.85. The topological polar surface area (TPSA) is 56.7 Å². The Balaban J connectivity index is 2.43. The van der Waals surface area contributed by atoms with E-state index >= 15 is 0 Å². The van der Waals surface area contributed by atoms with E-state index in [4.69, 9.17) is 5.73 Å². The normalized spacial score (nSPS) is 12.7. The van der Waals surface area contributed by atoms with Crippen LogP contribution in [0.5, 0.6) is 0 Å². The number of imidazole rings is 1. The molecule has 0 fully saturated rings. The highest BCUT2D eigenvalue weighted by Crippen LogP contribution is 2.35.